The molecule has 0 N–H and O–H groups in total. The second-order valence-electron chi connectivity index (χ2n) is 8.56. The van der Waals surface area contributed by atoms with Gasteiger partial charge in [-0.2, -0.15) is 0 Å². The van der Waals surface area contributed by atoms with Gasteiger partial charge in [-0.05, 0) is 55.8 Å². The summed E-state index contributed by atoms with van der Waals surface area (Å²) in [5.41, 5.74) is 1.35. The zero-order valence-electron chi connectivity index (χ0n) is 18.9. The lowest BCUT2D eigenvalue weighted by Crippen LogP contribution is -2.20. The van der Waals surface area contributed by atoms with Gasteiger partial charge >= 0.3 is 0 Å². The van der Waals surface area contributed by atoms with Gasteiger partial charge in [0.15, 0.2) is 0 Å². The first kappa shape index (κ1) is 26.2. The van der Waals surface area contributed by atoms with Gasteiger partial charge in [0.1, 0.15) is 0 Å². The van der Waals surface area contributed by atoms with Crippen molar-refractivity contribution in [2.45, 2.75) is 145 Å². The summed E-state index contributed by atoms with van der Waals surface area (Å²) in [5.74, 6) is 0. The number of rotatable bonds is 14. The SMILES string of the molecule is CCCC(C)(CCC)CCC.CCCC(CCC)(CCC)CCC. The molecule has 0 saturated heterocycles. The van der Waals surface area contributed by atoms with Crippen LogP contribution in [0.5, 0.6) is 0 Å². The fraction of sp³-hybridized carbons (Fsp3) is 1.00. The average molecular weight is 341 g/mol. The molecule has 148 valence electrons. The molecule has 0 heterocycles. The van der Waals surface area contributed by atoms with Crippen LogP contribution in [0.25, 0.3) is 0 Å². The Hall–Kier alpha value is 0. The highest BCUT2D eigenvalue weighted by Crippen LogP contribution is 2.39. The van der Waals surface area contributed by atoms with Crippen molar-refractivity contribution in [3.63, 3.8) is 0 Å². The Balaban J connectivity index is 0. The second kappa shape index (κ2) is 16.5. The summed E-state index contributed by atoms with van der Waals surface area (Å²) in [6, 6.07) is 0. The molecule has 0 aromatic heterocycles. The predicted molar refractivity (Wildman–Crippen MR) is 115 cm³/mol. The monoisotopic (exact) mass is 340 g/mol. The maximum absolute atomic E-state index is 2.45. The lowest BCUT2D eigenvalue weighted by Gasteiger charge is -2.33. The standard InChI is InChI=1S/C13H28.C11H24/c1-5-9-13(10-6-2,11-7-3)12-8-4;1-5-8-11(4,9-6-2)10-7-3/h5-12H2,1-4H3;5-10H2,1-4H3. The zero-order chi connectivity index (χ0) is 18.9. The smallest absolute Gasteiger partial charge is 0.0298 e. The second-order valence-corrected chi connectivity index (χ2v) is 8.56. The Bertz CT molecular complexity index is 194. The molecular weight excluding hydrogens is 288 g/mol. The molecule has 0 aliphatic heterocycles. The first-order valence-corrected chi connectivity index (χ1v) is 11.4. The van der Waals surface area contributed by atoms with Crippen molar-refractivity contribution in [1.82, 2.24) is 0 Å². The Morgan fingerprint density at radius 3 is 0.750 bits per heavy atom. The molecule has 0 saturated carbocycles. The molecule has 0 aromatic rings. The van der Waals surface area contributed by atoms with Crippen molar-refractivity contribution in [3.8, 4) is 0 Å². The third-order valence-electron chi connectivity index (χ3n) is 5.68. The first-order valence-electron chi connectivity index (χ1n) is 11.4. The van der Waals surface area contributed by atoms with E-state index in [-0.39, 0.29) is 0 Å². The fourth-order valence-electron chi connectivity index (χ4n) is 5.06. The molecule has 0 bridgehead atoms. The quantitative estimate of drug-likeness (QED) is 0.295. The molecule has 0 aliphatic rings. The Labute approximate surface area is 156 Å². The van der Waals surface area contributed by atoms with Crippen molar-refractivity contribution in [2.75, 3.05) is 0 Å². The molecule has 0 heteroatoms. The lowest BCUT2D eigenvalue weighted by atomic mass is 9.72. The van der Waals surface area contributed by atoms with E-state index in [2.05, 4.69) is 55.4 Å². The van der Waals surface area contributed by atoms with Gasteiger partial charge in [0, 0.05) is 0 Å². The Kier molecular flexibility index (Phi) is 18.0. The molecule has 0 spiro atoms. The first-order chi connectivity index (χ1) is 11.4. The lowest BCUT2D eigenvalue weighted by molar-refractivity contribution is 0.190. The van der Waals surface area contributed by atoms with Crippen LogP contribution in [0, 0.1) is 10.8 Å². The minimum absolute atomic E-state index is 0.651. The summed E-state index contributed by atoms with van der Waals surface area (Å²) in [7, 11) is 0. The van der Waals surface area contributed by atoms with Crippen LogP contribution < -0.4 is 0 Å². The number of hydrogen-bond acceptors (Lipinski definition) is 0. The molecule has 0 fully saturated rings. The van der Waals surface area contributed by atoms with E-state index in [1.165, 1.54) is 89.9 Å². The van der Waals surface area contributed by atoms with Gasteiger partial charge in [0.2, 0.25) is 0 Å². The van der Waals surface area contributed by atoms with Crippen LogP contribution in [0.2, 0.25) is 0 Å². The molecule has 0 amide bonds. The summed E-state index contributed by atoms with van der Waals surface area (Å²) >= 11 is 0. The summed E-state index contributed by atoms with van der Waals surface area (Å²) in [4.78, 5) is 0. The maximum Gasteiger partial charge on any atom is -0.0298 e. The zero-order valence-corrected chi connectivity index (χ0v) is 18.9. The van der Waals surface area contributed by atoms with E-state index < -0.39 is 0 Å². The van der Waals surface area contributed by atoms with E-state index >= 15 is 0 Å². The van der Waals surface area contributed by atoms with Crippen LogP contribution in [0.4, 0.5) is 0 Å². The predicted octanol–water partition coefficient (Wildman–Crippen LogP) is 9.57. The van der Waals surface area contributed by atoms with Gasteiger partial charge in [0.25, 0.3) is 0 Å². The summed E-state index contributed by atoms with van der Waals surface area (Å²) in [5, 5.41) is 0. The van der Waals surface area contributed by atoms with Crippen molar-refractivity contribution < 1.29 is 0 Å². The van der Waals surface area contributed by atoms with Gasteiger partial charge in [-0.15, -0.1) is 0 Å². The highest BCUT2D eigenvalue weighted by molar-refractivity contribution is 4.77. The third kappa shape index (κ3) is 12.4. The molecule has 24 heavy (non-hydrogen) atoms. The third-order valence-corrected chi connectivity index (χ3v) is 5.68. The fourth-order valence-corrected chi connectivity index (χ4v) is 5.06. The molecule has 0 aliphatic carbocycles. The molecule has 0 atom stereocenters. The van der Waals surface area contributed by atoms with Crippen molar-refractivity contribution in [1.29, 1.82) is 0 Å². The van der Waals surface area contributed by atoms with E-state index in [1.807, 2.05) is 0 Å². The van der Waals surface area contributed by atoms with E-state index in [0.29, 0.717) is 10.8 Å². The molecule has 0 aromatic carbocycles. The van der Waals surface area contributed by atoms with E-state index in [9.17, 15) is 0 Å². The topological polar surface area (TPSA) is 0 Å². The van der Waals surface area contributed by atoms with Crippen molar-refractivity contribution in [2.24, 2.45) is 10.8 Å². The minimum atomic E-state index is 0.651. The number of hydrogen-bond donors (Lipinski definition) is 0. The van der Waals surface area contributed by atoms with Crippen LogP contribution in [0.15, 0.2) is 0 Å². The molecule has 0 unspecified atom stereocenters. The average Bonchev–Trinajstić information content (AvgIpc) is 2.49. The summed E-state index contributed by atoms with van der Waals surface area (Å²) in [6.45, 7) is 18.6. The normalized spacial score (nSPS) is 12.0. The molecule has 0 radical (unpaired) electrons. The minimum Gasteiger partial charge on any atom is -0.0654 e. The van der Waals surface area contributed by atoms with Crippen LogP contribution >= 0.6 is 0 Å². The largest absolute Gasteiger partial charge is 0.0654 e. The van der Waals surface area contributed by atoms with Crippen LogP contribution in [-0.2, 0) is 0 Å². The highest BCUT2D eigenvalue weighted by Gasteiger charge is 2.25. The van der Waals surface area contributed by atoms with Gasteiger partial charge in [-0.25, -0.2) is 0 Å². The van der Waals surface area contributed by atoms with E-state index in [4.69, 9.17) is 0 Å². The van der Waals surface area contributed by atoms with Crippen LogP contribution in [-0.4, -0.2) is 0 Å². The van der Waals surface area contributed by atoms with E-state index in [1.54, 1.807) is 0 Å². The van der Waals surface area contributed by atoms with Gasteiger partial charge < -0.3 is 0 Å². The van der Waals surface area contributed by atoms with Crippen LogP contribution in [0.1, 0.15) is 145 Å². The Morgan fingerprint density at radius 1 is 0.375 bits per heavy atom. The van der Waals surface area contributed by atoms with Crippen LogP contribution in [0.3, 0.4) is 0 Å². The van der Waals surface area contributed by atoms with Gasteiger partial charge in [-0.3, -0.25) is 0 Å². The van der Waals surface area contributed by atoms with Crippen molar-refractivity contribution >= 4 is 0 Å². The molecule has 0 rings (SSSR count). The Morgan fingerprint density at radius 2 is 0.583 bits per heavy atom. The van der Waals surface area contributed by atoms with Crippen molar-refractivity contribution in [3.05, 3.63) is 0 Å². The summed E-state index contributed by atoms with van der Waals surface area (Å²) < 4.78 is 0. The van der Waals surface area contributed by atoms with E-state index in [0.717, 1.165) is 0 Å². The highest BCUT2D eigenvalue weighted by atomic mass is 14.3. The van der Waals surface area contributed by atoms with Gasteiger partial charge in [0.05, 0.1) is 0 Å². The molecular formula is C24H52. The van der Waals surface area contributed by atoms with Gasteiger partial charge in [-0.1, -0.05) is 100 Å². The maximum atomic E-state index is 2.45. The molecule has 0 nitrogen and oxygen atoms in total. The summed E-state index contributed by atoms with van der Waals surface area (Å²) in [6.07, 6.45) is 19.5.